The number of carbonyl (C=O) groups excluding carboxylic acids is 1. The fourth-order valence-corrected chi connectivity index (χ4v) is 7.04. The molecule has 0 spiro atoms. The maximum absolute atomic E-state index is 13.2. The summed E-state index contributed by atoms with van der Waals surface area (Å²) >= 11 is 0. The molecule has 5 nitrogen and oxygen atoms in total. The Kier molecular flexibility index (Phi) is 6.80. The Morgan fingerprint density at radius 1 is 0.865 bits per heavy atom. The summed E-state index contributed by atoms with van der Waals surface area (Å²) in [5.41, 5.74) is 4.60. The van der Waals surface area contributed by atoms with Gasteiger partial charge in [0, 0.05) is 24.0 Å². The van der Waals surface area contributed by atoms with Crippen LogP contribution in [0, 0.1) is 17.8 Å². The Morgan fingerprint density at radius 2 is 1.49 bits per heavy atom. The normalized spacial score (nSPS) is 24.8. The third-order valence-electron chi connectivity index (χ3n) is 8.37. The number of amides is 1. The second-order valence-electron chi connectivity index (χ2n) is 11.4. The van der Waals surface area contributed by atoms with Crippen molar-refractivity contribution >= 4 is 28.9 Å². The summed E-state index contributed by atoms with van der Waals surface area (Å²) in [5.74, 6) is 1.31. The van der Waals surface area contributed by atoms with Gasteiger partial charge in [-0.05, 0) is 109 Å². The number of nitrogens with one attached hydrogen (secondary N) is 1. The van der Waals surface area contributed by atoms with Gasteiger partial charge in [-0.1, -0.05) is 38.1 Å². The molecule has 2 atom stereocenters. The largest absolute Gasteiger partial charge is 0.478 e. The van der Waals surface area contributed by atoms with E-state index in [1.807, 2.05) is 7.05 Å². The minimum Gasteiger partial charge on any atom is -0.478 e. The van der Waals surface area contributed by atoms with E-state index in [1.165, 1.54) is 37.7 Å². The number of para-hydroxylation sites is 1. The Morgan fingerprint density at radius 3 is 2.11 bits per heavy atom. The predicted molar refractivity (Wildman–Crippen MR) is 149 cm³/mol. The van der Waals surface area contributed by atoms with Crippen LogP contribution in [0.25, 0.3) is 0 Å². The molecular weight excluding hydrogens is 460 g/mol. The van der Waals surface area contributed by atoms with Crippen LogP contribution in [0.5, 0.6) is 0 Å². The lowest BCUT2D eigenvalue weighted by Crippen LogP contribution is -2.42. The molecule has 0 radical (unpaired) electrons. The van der Waals surface area contributed by atoms with Crippen LogP contribution in [0.4, 0.5) is 17.1 Å². The Labute approximate surface area is 219 Å². The zero-order chi connectivity index (χ0) is 26.2. The first-order chi connectivity index (χ1) is 17.7. The van der Waals surface area contributed by atoms with Crippen molar-refractivity contribution in [1.29, 1.82) is 0 Å². The van der Waals surface area contributed by atoms with Crippen molar-refractivity contribution in [2.24, 2.45) is 17.8 Å². The highest BCUT2D eigenvalue weighted by molar-refractivity contribution is 6.06. The van der Waals surface area contributed by atoms with Crippen molar-refractivity contribution in [3.63, 3.8) is 0 Å². The monoisotopic (exact) mass is 496 g/mol. The molecule has 0 heterocycles. The quantitative estimate of drug-likeness (QED) is 0.370. The molecular formula is C32H36N2O3. The Hall–Kier alpha value is -3.60. The summed E-state index contributed by atoms with van der Waals surface area (Å²) in [6.45, 7) is 4.81. The topological polar surface area (TPSA) is 69.6 Å². The van der Waals surface area contributed by atoms with Crippen molar-refractivity contribution in [3.8, 4) is 0 Å². The van der Waals surface area contributed by atoms with E-state index in [0.717, 1.165) is 29.1 Å². The van der Waals surface area contributed by atoms with Crippen molar-refractivity contribution in [2.75, 3.05) is 17.3 Å². The lowest BCUT2D eigenvalue weighted by Gasteiger charge is -2.50. The van der Waals surface area contributed by atoms with Gasteiger partial charge in [-0.25, -0.2) is 4.79 Å². The third kappa shape index (κ3) is 5.13. The number of benzene rings is 3. The number of hydrogen-bond acceptors (Lipinski definition) is 3. The number of carbonyl (C=O) groups is 2. The van der Waals surface area contributed by atoms with Crippen LogP contribution in [0.1, 0.15) is 72.2 Å². The average molecular weight is 497 g/mol. The summed E-state index contributed by atoms with van der Waals surface area (Å²) in [6, 6.07) is 22.6. The molecule has 2 aliphatic rings. The van der Waals surface area contributed by atoms with E-state index in [2.05, 4.69) is 43.4 Å². The van der Waals surface area contributed by atoms with Crippen molar-refractivity contribution in [1.82, 2.24) is 0 Å². The van der Waals surface area contributed by atoms with Gasteiger partial charge in [0.15, 0.2) is 0 Å². The van der Waals surface area contributed by atoms with E-state index in [0.29, 0.717) is 11.3 Å². The Balaban J connectivity index is 1.29. The summed E-state index contributed by atoms with van der Waals surface area (Å²) in [4.78, 5) is 26.4. The van der Waals surface area contributed by atoms with Crippen molar-refractivity contribution in [2.45, 2.75) is 51.4 Å². The molecule has 2 fully saturated rings. The molecule has 5 heteroatoms. The van der Waals surface area contributed by atoms with Crippen LogP contribution in [-0.4, -0.2) is 24.0 Å². The highest BCUT2D eigenvalue weighted by Crippen LogP contribution is 2.54. The van der Waals surface area contributed by atoms with Crippen molar-refractivity contribution in [3.05, 3.63) is 89.5 Å². The highest BCUT2D eigenvalue weighted by Gasteiger charge is 2.45. The standard InChI is InChI=1S/C32H36N2O3/c1-21-16-23-17-22(2)19-32(18-21,20-23)25-10-14-27(15-11-25)34(3)30(35)24-8-12-26(13-9-24)33-29-7-5-4-6-28(29)31(36)37/h4-15,21-23,33H,16-20H2,1-3H3,(H,36,37). The van der Waals surface area contributed by atoms with Crippen LogP contribution in [-0.2, 0) is 5.41 Å². The van der Waals surface area contributed by atoms with Crippen LogP contribution < -0.4 is 10.2 Å². The van der Waals surface area contributed by atoms with Gasteiger partial charge in [0.05, 0.1) is 11.3 Å². The van der Waals surface area contributed by atoms with Gasteiger partial charge < -0.3 is 15.3 Å². The van der Waals surface area contributed by atoms with E-state index < -0.39 is 5.97 Å². The Bertz CT molecular complexity index is 1260. The van der Waals surface area contributed by atoms with E-state index in [1.54, 1.807) is 53.4 Å². The molecule has 37 heavy (non-hydrogen) atoms. The lowest BCUT2D eigenvalue weighted by molar-refractivity contribution is 0.0697. The number of fused-ring (bicyclic) bond motifs is 2. The minimum absolute atomic E-state index is 0.0824. The second kappa shape index (κ2) is 10.0. The molecule has 2 N–H and O–H groups in total. The number of anilines is 3. The summed E-state index contributed by atoms with van der Waals surface area (Å²) in [7, 11) is 1.81. The smallest absolute Gasteiger partial charge is 0.337 e. The maximum atomic E-state index is 13.2. The summed E-state index contributed by atoms with van der Waals surface area (Å²) in [6.07, 6.45) is 6.55. The first-order valence-corrected chi connectivity index (χ1v) is 13.3. The lowest BCUT2D eigenvalue weighted by atomic mass is 9.54. The first-order valence-electron chi connectivity index (χ1n) is 13.3. The van der Waals surface area contributed by atoms with Crippen LogP contribution in [0.2, 0.25) is 0 Å². The van der Waals surface area contributed by atoms with E-state index in [9.17, 15) is 14.7 Å². The molecule has 0 saturated heterocycles. The van der Waals surface area contributed by atoms with Crippen LogP contribution in [0.15, 0.2) is 72.8 Å². The molecule has 3 aromatic carbocycles. The van der Waals surface area contributed by atoms with Gasteiger partial charge >= 0.3 is 5.97 Å². The molecule has 0 aromatic heterocycles. The van der Waals surface area contributed by atoms with Gasteiger partial charge in [0.1, 0.15) is 0 Å². The molecule has 2 bridgehead atoms. The van der Waals surface area contributed by atoms with E-state index >= 15 is 0 Å². The molecule has 3 aromatic rings. The van der Waals surface area contributed by atoms with Crippen LogP contribution in [0.3, 0.4) is 0 Å². The molecule has 1 amide bonds. The predicted octanol–water partition coefficient (Wildman–Crippen LogP) is 7.51. The fourth-order valence-electron chi connectivity index (χ4n) is 7.04. The number of hydrogen-bond donors (Lipinski definition) is 2. The van der Waals surface area contributed by atoms with Gasteiger partial charge in [0.2, 0.25) is 0 Å². The second-order valence-corrected chi connectivity index (χ2v) is 11.4. The van der Waals surface area contributed by atoms with Gasteiger partial charge in [-0.15, -0.1) is 0 Å². The van der Waals surface area contributed by atoms with Crippen molar-refractivity contribution < 1.29 is 14.7 Å². The zero-order valence-corrected chi connectivity index (χ0v) is 21.9. The molecule has 2 saturated carbocycles. The highest BCUT2D eigenvalue weighted by atomic mass is 16.4. The van der Waals surface area contributed by atoms with E-state index in [4.69, 9.17) is 0 Å². The average Bonchev–Trinajstić information content (AvgIpc) is 2.87. The molecule has 2 aliphatic carbocycles. The molecule has 5 rings (SSSR count). The maximum Gasteiger partial charge on any atom is 0.337 e. The molecule has 2 unspecified atom stereocenters. The van der Waals surface area contributed by atoms with Crippen LogP contribution >= 0.6 is 0 Å². The number of rotatable bonds is 6. The van der Waals surface area contributed by atoms with Gasteiger partial charge in [0.25, 0.3) is 5.91 Å². The van der Waals surface area contributed by atoms with Gasteiger partial charge in [-0.3, -0.25) is 4.79 Å². The zero-order valence-electron chi connectivity index (χ0n) is 21.9. The number of aromatic carboxylic acids is 1. The summed E-state index contributed by atoms with van der Waals surface area (Å²) < 4.78 is 0. The molecule has 0 aliphatic heterocycles. The number of carboxylic acids is 1. The van der Waals surface area contributed by atoms with Gasteiger partial charge in [-0.2, -0.15) is 0 Å². The fraction of sp³-hybridized carbons (Fsp3) is 0.375. The summed E-state index contributed by atoms with van der Waals surface area (Å²) in [5, 5.41) is 12.5. The minimum atomic E-state index is -0.988. The SMILES string of the molecule is CC1CC2CC(C)CC(c3ccc(N(C)C(=O)c4ccc(Nc5ccccc5C(=O)O)cc4)cc3)(C1)C2. The number of carboxylic acid groups (broad SMARTS) is 1. The third-order valence-corrected chi connectivity index (χ3v) is 8.37. The number of nitrogens with zero attached hydrogens (tertiary/aromatic N) is 1. The molecule has 192 valence electrons. The first kappa shape index (κ1) is 25.1. The van der Waals surface area contributed by atoms with E-state index in [-0.39, 0.29) is 16.9 Å².